The number of hydrogen-bond donors (Lipinski definition) is 2. The molecule has 2 heteroatoms. The van der Waals surface area contributed by atoms with E-state index in [0.717, 1.165) is 18.8 Å². The SMILES string of the molecule is CCC1CCCCC1C1(O)CC(N)C1. The highest BCUT2D eigenvalue weighted by atomic mass is 16.3. The maximum absolute atomic E-state index is 10.4. The summed E-state index contributed by atoms with van der Waals surface area (Å²) in [5.74, 6) is 1.29. The standard InChI is InChI=1S/C12H23NO/c1-2-9-5-3-4-6-11(9)12(14)7-10(13)8-12/h9-11,14H,2-8,13H2,1H3. The molecule has 0 aromatic carbocycles. The topological polar surface area (TPSA) is 46.2 Å². The minimum atomic E-state index is -0.388. The van der Waals surface area contributed by atoms with Gasteiger partial charge >= 0.3 is 0 Å². The monoisotopic (exact) mass is 197 g/mol. The van der Waals surface area contributed by atoms with Gasteiger partial charge in [-0.3, -0.25) is 0 Å². The van der Waals surface area contributed by atoms with E-state index >= 15 is 0 Å². The summed E-state index contributed by atoms with van der Waals surface area (Å²) in [4.78, 5) is 0. The lowest BCUT2D eigenvalue weighted by molar-refractivity contribution is -0.122. The van der Waals surface area contributed by atoms with Crippen molar-refractivity contribution in [2.45, 2.75) is 63.5 Å². The Hall–Kier alpha value is -0.0800. The van der Waals surface area contributed by atoms with Crippen LogP contribution in [-0.2, 0) is 0 Å². The summed E-state index contributed by atoms with van der Waals surface area (Å²) in [6, 6.07) is 0.263. The summed E-state index contributed by atoms with van der Waals surface area (Å²) < 4.78 is 0. The van der Waals surface area contributed by atoms with Gasteiger partial charge in [0.15, 0.2) is 0 Å². The van der Waals surface area contributed by atoms with Crippen LogP contribution >= 0.6 is 0 Å². The van der Waals surface area contributed by atoms with Crippen molar-refractivity contribution in [2.75, 3.05) is 0 Å². The molecule has 2 fully saturated rings. The Bertz CT molecular complexity index is 198. The zero-order chi connectivity index (χ0) is 10.2. The summed E-state index contributed by atoms with van der Waals surface area (Å²) in [5.41, 5.74) is 5.40. The molecule has 0 aromatic heterocycles. The van der Waals surface area contributed by atoms with Crippen LogP contribution in [0.4, 0.5) is 0 Å². The number of nitrogens with two attached hydrogens (primary N) is 1. The Morgan fingerprint density at radius 3 is 2.50 bits per heavy atom. The highest BCUT2D eigenvalue weighted by Crippen LogP contribution is 2.47. The Labute approximate surface area is 86.9 Å². The molecule has 0 amide bonds. The van der Waals surface area contributed by atoms with Crippen molar-refractivity contribution in [2.24, 2.45) is 17.6 Å². The third-order valence-corrected chi connectivity index (χ3v) is 4.35. The van der Waals surface area contributed by atoms with Crippen molar-refractivity contribution in [3.63, 3.8) is 0 Å². The summed E-state index contributed by atoms with van der Waals surface area (Å²) >= 11 is 0. The van der Waals surface area contributed by atoms with E-state index in [0.29, 0.717) is 5.92 Å². The van der Waals surface area contributed by atoms with Gasteiger partial charge in [0.25, 0.3) is 0 Å². The van der Waals surface area contributed by atoms with Gasteiger partial charge in [0.1, 0.15) is 0 Å². The van der Waals surface area contributed by atoms with E-state index in [2.05, 4.69) is 6.92 Å². The molecule has 82 valence electrons. The van der Waals surface area contributed by atoms with E-state index < -0.39 is 0 Å². The summed E-state index contributed by atoms with van der Waals surface area (Å²) in [6.07, 6.45) is 8.11. The van der Waals surface area contributed by atoms with Crippen molar-refractivity contribution < 1.29 is 5.11 Å². The lowest BCUT2D eigenvalue weighted by Gasteiger charge is -2.51. The molecule has 0 bridgehead atoms. The predicted molar refractivity (Wildman–Crippen MR) is 57.9 cm³/mol. The van der Waals surface area contributed by atoms with Gasteiger partial charge in [-0.15, -0.1) is 0 Å². The van der Waals surface area contributed by atoms with Crippen LogP contribution in [0, 0.1) is 11.8 Å². The van der Waals surface area contributed by atoms with Crippen LogP contribution in [0.25, 0.3) is 0 Å². The molecule has 2 nitrogen and oxygen atoms in total. The van der Waals surface area contributed by atoms with Crippen molar-refractivity contribution in [1.82, 2.24) is 0 Å². The minimum absolute atomic E-state index is 0.263. The first kappa shape index (κ1) is 10.4. The van der Waals surface area contributed by atoms with Gasteiger partial charge in [-0.2, -0.15) is 0 Å². The van der Waals surface area contributed by atoms with Gasteiger partial charge in [0, 0.05) is 6.04 Å². The second-order valence-corrected chi connectivity index (χ2v) is 5.33. The summed E-state index contributed by atoms with van der Waals surface area (Å²) in [7, 11) is 0. The molecule has 0 heterocycles. The first-order chi connectivity index (χ1) is 6.65. The third kappa shape index (κ3) is 1.70. The molecule has 0 radical (unpaired) electrons. The van der Waals surface area contributed by atoms with E-state index in [1.54, 1.807) is 0 Å². The Morgan fingerprint density at radius 1 is 1.29 bits per heavy atom. The minimum Gasteiger partial charge on any atom is -0.389 e. The molecule has 2 aliphatic carbocycles. The van der Waals surface area contributed by atoms with E-state index in [1.165, 1.54) is 32.1 Å². The van der Waals surface area contributed by atoms with Crippen LogP contribution in [0.1, 0.15) is 51.9 Å². The highest BCUT2D eigenvalue weighted by Gasteiger charge is 2.49. The molecule has 14 heavy (non-hydrogen) atoms. The Kier molecular flexibility index (Phi) is 2.85. The average molecular weight is 197 g/mol. The highest BCUT2D eigenvalue weighted by molar-refractivity contribution is 5.03. The van der Waals surface area contributed by atoms with Gasteiger partial charge in [0.2, 0.25) is 0 Å². The molecule has 2 rings (SSSR count). The Balaban J connectivity index is 2.00. The first-order valence-corrected chi connectivity index (χ1v) is 6.13. The van der Waals surface area contributed by atoms with Crippen molar-refractivity contribution >= 4 is 0 Å². The van der Waals surface area contributed by atoms with E-state index in [4.69, 9.17) is 5.73 Å². The van der Waals surface area contributed by atoms with Crippen LogP contribution in [0.15, 0.2) is 0 Å². The first-order valence-electron chi connectivity index (χ1n) is 6.13. The second-order valence-electron chi connectivity index (χ2n) is 5.33. The van der Waals surface area contributed by atoms with Gasteiger partial charge in [-0.25, -0.2) is 0 Å². The lowest BCUT2D eigenvalue weighted by Crippen LogP contribution is -2.58. The molecular weight excluding hydrogens is 174 g/mol. The van der Waals surface area contributed by atoms with Crippen molar-refractivity contribution in [3.05, 3.63) is 0 Å². The van der Waals surface area contributed by atoms with Crippen LogP contribution in [-0.4, -0.2) is 16.7 Å². The fourth-order valence-corrected chi connectivity index (χ4v) is 3.55. The molecule has 3 N–H and O–H groups in total. The zero-order valence-electron chi connectivity index (χ0n) is 9.21. The van der Waals surface area contributed by atoms with Crippen LogP contribution < -0.4 is 5.73 Å². The maximum atomic E-state index is 10.4. The molecule has 2 atom stereocenters. The molecule has 2 aliphatic rings. The van der Waals surface area contributed by atoms with E-state index in [9.17, 15) is 5.11 Å². The molecule has 0 aliphatic heterocycles. The lowest BCUT2D eigenvalue weighted by atomic mass is 9.60. The van der Waals surface area contributed by atoms with Crippen LogP contribution in [0.2, 0.25) is 0 Å². The molecule has 2 saturated carbocycles. The van der Waals surface area contributed by atoms with Crippen LogP contribution in [0.5, 0.6) is 0 Å². The third-order valence-electron chi connectivity index (χ3n) is 4.35. The largest absolute Gasteiger partial charge is 0.389 e. The van der Waals surface area contributed by atoms with Crippen molar-refractivity contribution in [3.8, 4) is 0 Å². The number of hydrogen-bond acceptors (Lipinski definition) is 2. The second kappa shape index (κ2) is 3.82. The van der Waals surface area contributed by atoms with Crippen molar-refractivity contribution in [1.29, 1.82) is 0 Å². The predicted octanol–water partition coefficient (Wildman–Crippen LogP) is 2.05. The average Bonchev–Trinajstić information content (AvgIpc) is 2.15. The van der Waals surface area contributed by atoms with Crippen LogP contribution in [0.3, 0.4) is 0 Å². The number of aliphatic hydroxyl groups is 1. The fourth-order valence-electron chi connectivity index (χ4n) is 3.55. The van der Waals surface area contributed by atoms with Gasteiger partial charge in [-0.05, 0) is 31.1 Å². The molecule has 0 spiro atoms. The van der Waals surface area contributed by atoms with Gasteiger partial charge in [-0.1, -0.05) is 32.6 Å². The Morgan fingerprint density at radius 2 is 1.93 bits per heavy atom. The normalized spacial score (nSPS) is 48.6. The fraction of sp³-hybridized carbons (Fsp3) is 1.00. The molecule has 0 saturated heterocycles. The van der Waals surface area contributed by atoms with Gasteiger partial charge < -0.3 is 10.8 Å². The van der Waals surface area contributed by atoms with E-state index in [-0.39, 0.29) is 11.6 Å². The number of rotatable bonds is 2. The smallest absolute Gasteiger partial charge is 0.0707 e. The molecule has 2 unspecified atom stereocenters. The maximum Gasteiger partial charge on any atom is 0.0707 e. The molecule has 0 aromatic rings. The zero-order valence-corrected chi connectivity index (χ0v) is 9.21. The summed E-state index contributed by atoms with van der Waals surface area (Å²) in [6.45, 7) is 2.25. The summed E-state index contributed by atoms with van der Waals surface area (Å²) in [5, 5.41) is 10.4. The van der Waals surface area contributed by atoms with E-state index in [1.807, 2.05) is 0 Å². The van der Waals surface area contributed by atoms with Gasteiger partial charge in [0.05, 0.1) is 5.60 Å². The molecular formula is C12H23NO. The quantitative estimate of drug-likeness (QED) is 0.711.